The monoisotopic (exact) mass is 355 g/mol. The fourth-order valence-electron chi connectivity index (χ4n) is 3.98. The van der Waals surface area contributed by atoms with E-state index in [1.165, 1.54) is 35.9 Å². The van der Waals surface area contributed by atoms with Gasteiger partial charge in [0.15, 0.2) is 4.34 Å². The number of likely N-dealkylation sites (tertiary alicyclic amines) is 1. The summed E-state index contributed by atoms with van der Waals surface area (Å²) >= 11 is 2.71. The molecule has 0 unspecified atom stereocenters. The average Bonchev–Trinajstić information content (AvgIpc) is 3.25. The number of carbonyl (C=O) groups is 1. The maximum Gasteiger partial charge on any atom is 0.230 e. The van der Waals surface area contributed by atoms with Crippen LogP contribution in [0, 0.1) is 5.92 Å². The Morgan fingerprint density at radius 1 is 1.43 bits per heavy atom. The Balaban J connectivity index is 1.33. The van der Waals surface area contributed by atoms with E-state index in [1.54, 1.807) is 0 Å². The topological polar surface area (TPSA) is 93.4 Å². The quantitative estimate of drug-likeness (QED) is 0.746. The summed E-state index contributed by atoms with van der Waals surface area (Å²) in [4.78, 5) is 14.8. The van der Waals surface area contributed by atoms with Gasteiger partial charge in [0.05, 0.1) is 23.9 Å². The zero-order valence-electron chi connectivity index (χ0n) is 12.8. The second kappa shape index (κ2) is 6.54. The number of rotatable bonds is 5. The number of anilines is 1. The van der Waals surface area contributed by atoms with Crippen molar-refractivity contribution in [1.29, 1.82) is 0 Å². The lowest BCUT2D eigenvalue weighted by Gasteiger charge is -2.51. The van der Waals surface area contributed by atoms with Crippen molar-refractivity contribution in [3.05, 3.63) is 0 Å². The highest BCUT2D eigenvalue weighted by molar-refractivity contribution is 8.01. The summed E-state index contributed by atoms with van der Waals surface area (Å²) in [6.45, 7) is 3.08. The molecule has 4 atom stereocenters. The normalized spacial score (nSPS) is 33.4. The zero-order chi connectivity index (χ0) is 15.8. The van der Waals surface area contributed by atoms with Crippen molar-refractivity contribution in [2.45, 2.75) is 41.8 Å². The fourth-order valence-corrected chi connectivity index (χ4v) is 5.42. The van der Waals surface area contributed by atoms with E-state index in [9.17, 15) is 4.79 Å². The van der Waals surface area contributed by atoms with E-state index in [0.717, 1.165) is 30.5 Å². The number of nitrogens with one attached hydrogen (secondary N) is 1. The Kier molecular flexibility index (Phi) is 4.44. The molecule has 1 saturated carbocycles. The number of hydrogen-bond acceptors (Lipinski definition) is 8. The number of fused-ring (bicyclic) bond motifs is 1. The van der Waals surface area contributed by atoms with E-state index in [2.05, 4.69) is 20.4 Å². The van der Waals surface area contributed by atoms with Crippen LogP contribution in [0.2, 0.25) is 0 Å². The molecule has 126 valence electrons. The molecule has 1 amide bonds. The van der Waals surface area contributed by atoms with Crippen LogP contribution in [0.1, 0.15) is 19.3 Å². The second-order valence-electron chi connectivity index (χ2n) is 6.31. The minimum Gasteiger partial charge on any atom is -0.376 e. The summed E-state index contributed by atoms with van der Waals surface area (Å²) in [7, 11) is 0. The molecular formula is C14H21N5O2S2. The zero-order valence-corrected chi connectivity index (χ0v) is 14.4. The molecule has 2 saturated heterocycles. The number of nitrogens with two attached hydrogens (primary N) is 1. The van der Waals surface area contributed by atoms with Gasteiger partial charge in [-0.2, -0.15) is 0 Å². The van der Waals surface area contributed by atoms with E-state index >= 15 is 0 Å². The Morgan fingerprint density at radius 2 is 2.26 bits per heavy atom. The number of amides is 1. The number of ether oxygens (including phenoxy) is 1. The first-order valence-corrected chi connectivity index (χ1v) is 9.89. The Morgan fingerprint density at radius 3 is 3.00 bits per heavy atom. The van der Waals surface area contributed by atoms with Crippen LogP contribution in [0.15, 0.2) is 4.34 Å². The third kappa shape index (κ3) is 3.07. The lowest BCUT2D eigenvalue weighted by atomic mass is 9.70. The van der Waals surface area contributed by atoms with Gasteiger partial charge in [-0.25, -0.2) is 0 Å². The number of nitrogen functional groups attached to an aromatic ring is 1. The molecule has 0 spiro atoms. The summed E-state index contributed by atoms with van der Waals surface area (Å²) in [5.74, 6) is 0.894. The third-order valence-electron chi connectivity index (χ3n) is 4.99. The van der Waals surface area contributed by atoms with Gasteiger partial charge in [-0.05, 0) is 32.4 Å². The van der Waals surface area contributed by atoms with E-state index in [4.69, 9.17) is 10.5 Å². The Labute approximate surface area is 143 Å². The Bertz CT molecular complexity index is 573. The van der Waals surface area contributed by atoms with E-state index in [1.807, 2.05) is 0 Å². The predicted octanol–water partition coefficient (Wildman–Crippen LogP) is 0.580. The van der Waals surface area contributed by atoms with Gasteiger partial charge >= 0.3 is 0 Å². The van der Waals surface area contributed by atoms with Crippen molar-refractivity contribution in [1.82, 2.24) is 20.4 Å². The molecule has 2 aliphatic heterocycles. The number of carbonyl (C=O) groups excluding carboxylic acids is 1. The van der Waals surface area contributed by atoms with Gasteiger partial charge in [-0.1, -0.05) is 23.1 Å². The molecule has 1 aromatic heterocycles. The van der Waals surface area contributed by atoms with Crippen LogP contribution in [-0.2, 0) is 9.53 Å². The van der Waals surface area contributed by atoms with Crippen molar-refractivity contribution in [3.63, 3.8) is 0 Å². The minimum atomic E-state index is 0.0586. The van der Waals surface area contributed by atoms with Crippen LogP contribution in [0.3, 0.4) is 0 Å². The van der Waals surface area contributed by atoms with Gasteiger partial charge in [0, 0.05) is 12.5 Å². The van der Waals surface area contributed by atoms with Crippen LogP contribution >= 0.6 is 23.1 Å². The first-order valence-electron chi connectivity index (χ1n) is 8.09. The van der Waals surface area contributed by atoms with Crippen molar-refractivity contribution >= 4 is 34.1 Å². The summed E-state index contributed by atoms with van der Waals surface area (Å²) in [5, 5.41) is 11.4. The molecule has 4 rings (SSSR count). The predicted molar refractivity (Wildman–Crippen MR) is 89.4 cm³/mol. The molecule has 3 fully saturated rings. The summed E-state index contributed by atoms with van der Waals surface area (Å²) < 4.78 is 6.63. The largest absolute Gasteiger partial charge is 0.376 e. The highest BCUT2D eigenvalue weighted by Gasteiger charge is 2.56. The molecule has 3 heterocycles. The van der Waals surface area contributed by atoms with Gasteiger partial charge in [0.25, 0.3) is 0 Å². The highest BCUT2D eigenvalue weighted by Crippen LogP contribution is 2.42. The third-order valence-corrected chi connectivity index (χ3v) is 6.87. The van der Waals surface area contributed by atoms with Crippen molar-refractivity contribution in [3.8, 4) is 0 Å². The first-order chi connectivity index (χ1) is 11.2. The number of hydrogen-bond donors (Lipinski definition) is 2. The molecule has 7 nitrogen and oxygen atoms in total. The van der Waals surface area contributed by atoms with Gasteiger partial charge in [-0.3, -0.25) is 9.69 Å². The maximum atomic E-state index is 12.3. The molecule has 0 radical (unpaired) electrons. The van der Waals surface area contributed by atoms with E-state index in [-0.39, 0.29) is 11.9 Å². The van der Waals surface area contributed by atoms with Crippen LogP contribution in [0.4, 0.5) is 5.13 Å². The lowest BCUT2D eigenvalue weighted by molar-refractivity contribution is -0.126. The smallest absolute Gasteiger partial charge is 0.230 e. The standard InChI is InChI=1S/C14H21N5O2S2/c15-13-17-18-14(23-13)22-7-9(20)16-10-8-3-6-21-12(8)11(10)19-4-1-2-5-19/h8,10-12H,1-7H2,(H2,15,17)(H,16,20)/t8-,10+,11-,12-/m0/s1. The van der Waals surface area contributed by atoms with E-state index in [0.29, 0.717) is 28.9 Å². The summed E-state index contributed by atoms with van der Waals surface area (Å²) in [6.07, 6.45) is 3.88. The number of aromatic nitrogens is 2. The molecule has 3 aliphatic rings. The first kappa shape index (κ1) is 15.6. The van der Waals surface area contributed by atoms with Crippen LogP contribution < -0.4 is 11.1 Å². The lowest BCUT2D eigenvalue weighted by Crippen LogP contribution is -2.70. The second-order valence-corrected chi connectivity index (χ2v) is 8.54. The van der Waals surface area contributed by atoms with Gasteiger partial charge in [0.1, 0.15) is 0 Å². The van der Waals surface area contributed by atoms with Crippen molar-refractivity contribution in [2.24, 2.45) is 5.92 Å². The maximum absolute atomic E-state index is 12.3. The van der Waals surface area contributed by atoms with E-state index < -0.39 is 0 Å². The van der Waals surface area contributed by atoms with Crippen LogP contribution in [0.5, 0.6) is 0 Å². The molecule has 3 N–H and O–H groups in total. The van der Waals surface area contributed by atoms with Crippen LogP contribution in [-0.4, -0.2) is 64.6 Å². The van der Waals surface area contributed by atoms with Crippen LogP contribution in [0.25, 0.3) is 0 Å². The molecule has 1 aliphatic carbocycles. The van der Waals surface area contributed by atoms with Gasteiger partial charge < -0.3 is 15.8 Å². The molecule has 0 bridgehead atoms. The molecular weight excluding hydrogens is 334 g/mol. The summed E-state index contributed by atoms with van der Waals surface area (Å²) in [6, 6.07) is 0.587. The van der Waals surface area contributed by atoms with Gasteiger partial charge in [0.2, 0.25) is 11.0 Å². The average molecular weight is 355 g/mol. The number of nitrogens with zero attached hydrogens (tertiary/aromatic N) is 3. The van der Waals surface area contributed by atoms with Gasteiger partial charge in [-0.15, -0.1) is 10.2 Å². The minimum absolute atomic E-state index is 0.0586. The SMILES string of the molecule is Nc1nnc(SCC(=O)N[C@@H]2[C@@H]3CCO[C@@H]3[C@H]2N2CCCC2)s1. The molecule has 9 heteroatoms. The van der Waals surface area contributed by atoms with Crippen molar-refractivity contribution < 1.29 is 9.53 Å². The molecule has 23 heavy (non-hydrogen) atoms. The molecule has 0 aromatic carbocycles. The fraction of sp³-hybridized carbons (Fsp3) is 0.786. The van der Waals surface area contributed by atoms with Crippen molar-refractivity contribution in [2.75, 3.05) is 31.2 Å². The highest BCUT2D eigenvalue weighted by atomic mass is 32.2. The molecule has 1 aromatic rings. The number of thioether (sulfide) groups is 1. The summed E-state index contributed by atoms with van der Waals surface area (Å²) in [5.41, 5.74) is 5.55. The Hall–Kier alpha value is -0.900.